The number of carboxylic acid groups (broad SMARTS) is 1. The summed E-state index contributed by atoms with van der Waals surface area (Å²) in [4.78, 5) is 22.7. The van der Waals surface area contributed by atoms with Gasteiger partial charge < -0.3 is 10.4 Å². The Kier molecular flexibility index (Phi) is 4.69. The zero-order chi connectivity index (χ0) is 13.9. The van der Waals surface area contributed by atoms with Gasteiger partial charge in [-0.25, -0.2) is 13.2 Å². The number of nitrogens with zero attached hydrogens (tertiary/aromatic N) is 1. The quantitative estimate of drug-likeness (QED) is 0.698. The Hall–Kier alpha value is -1.15. The van der Waals surface area contributed by atoms with Gasteiger partial charge in [-0.2, -0.15) is 4.31 Å². The van der Waals surface area contributed by atoms with Crippen LogP contribution < -0.4 is 5.32 Å². The number of hydrogen-bond acceptors (Lipinski definition) is 4. The standard InChI is InChI=1S/C10H18N2O5S/c1-3-7(10(14)15)11-9(13)8-5-4-6-12(8)18(2,16)17/h7-8H,3-6H2,1-2H3,(H,11,13)(H,14,15)/t7-,8?/m0/s1. The van der Waals surface area contributed by atoms with Gasteiger partial charge in [-0.05, 0) is 19.3 Å². The normalized spacial score (nSPS) is 22.7. The van der Waals surface area contributed by atoms with Crippen molar-refractivity contribution in [1.82, 2.24) is 9.62 Å². The Morgan fingerprint density at radius 2 is 2.11 bits per heavy atom. The lowest BCUT2D eigenvalue weighted by molar-refractivity contribution is -0.142. The molecule has 2 N–H and O–H groups in total. The minimum atomic E-state index is -3.43. The average molecular weight is 278 g/mol. The first-order valence-electron chi connectivity index (χ1n) is 5.77. The van der Waals surface area contributed by atoms with Crippen molar-refractivity contribution in [2.45, 2.75) is 38.3 Å². The molecule has 1 rings (SSSR count). The minimum Gasteiger partial charge on any atom is -0.480 e. The van der Waals surface area contributed by atoms with E-state index in [2.05, 4.69) is 5.32 Å². The first kappa shape index (κ1) is 14.9. The van der Waals surface area contributed by atoms with Crippen LogP contribution in [0.2, 0.25) is 0 Å². The van der Waals surface area contributed by atoms with Crippen molar-refractivity contribution in [2.75, 3.05) is 12.8 Å². The van der Waals surface area contributed by atoms with Crippen LogP contribution in [0.15, 0.2) is 0 Å². The van der Waals surface area contributed by atoms with Gasteiger partial charge in [-0.3, -0.25) is 4.79 Å². The molecular formula is C10H18N2O5S. The zero-order valence-electron chi connectivity index (χ0n) is 10.4. The summed E-state index contributed by atoms with van der Waals surface area (Å²) >= 11 is 0. The Bertz CT molecular complexity index is 434. The molecule has 104 valence electrons. The van der Waals surface area contributed by atoms with E-state index in [1.165, 1.54) is 0 Å². The third kappa shape index (κ3) is 3.42. The molecule has 1 aliphatic heterocycles. The van der Waals surface area contributed by atoms with Crippen molar-refractivity contribution in [1.29, 1.82) is 0 Å². The number of sulfonamides is 1. The third-order valence-electron chi connectivity index (χ3n) is 2.96. The SMILES string of the molecule is CC[C@H](NC(=O)C1CCCN1S(C)(=O)=O)C(=O)O. The van der Waals surface area contributed by atoms with Gasteiger partial charge in [0.05, 0.1) is 6.26 Å². The van der Waals surface area contributed by atoms with Crippen molar-refractivity contribution in [3.63, 3.8) is 0 Å². The van der Waals surface area contributed by atoms with Gasteiger partial charge in [-0.1, -0.05) is 6.92 Å². The largest absolute Gasteiger partial charge is 0.480 e. The van der Waals surface area contributed by atoms with Gasteiger partial charge in [0.2, 0.25) is 15.9 Å². The number of amides is 1. The molecule has 0 aromatic rings. The third-order valence-corrected chi connectivity index (χ3v) is 4.24. The van der Waals surface area contributed by atoms with Crippen LogP contribution in [0.25, 0.3) is 0 Å². The van der Waals surface area contributed by atoms with Crippen molar-refractivity contribution >= 4 is 21.9 Å². The second-order valence-corrected chi connectivity index (χ2v) is 6.27. The maximum Gasteiger partial charge on any atom is 0.326 e. The van der Waals surface area contributed by atoms with Crippen LogP contribution in [-0.4, -0.2) is 54.6 Å². The molecule has 1 aliphatic rings. The molecule has 8 heteroatoms. The first-order chi connectivity index (χ1) is 8.27. The van der Waals surface area contributed by atoms with E-state index in [9.17, 15) is 18.0 Å². The second-order valence-electron chi connectivity index (χ2n) is 4.34. The van der Waals surface area contributed by atoms with E-state index in [1.54, 1.807) is 6.92 Å². The van der Waals surface area contributed by atoms with E-state index in [0.717, 1.165) is 10.6 Å². The number of carbonyl (C=O) groups is 2. The van der Waals surface area contributed by atoms with Crippen molar-refractivity contribution < 1.29 is 23.1 Å². The molecule has 1 fully saturated rings. The van der Waals surface area contributed by atoms with Gasteiger partial charge in [0.25, 0.3) is 0 Å². The summed E-state index contributed by atoms with van der Waals surface area (Å²) in [6.07, 6.45) is 2.34. The molecule has 1 amide bonds. The molecule has 0 spiro atoms. The fourth-order valence-corrected chi connectivity index (χ4v) is 3.13. The average Bonchev–Trinajstić information content (AvgIpc) is 2.73. The molecule has 0 bridgehead atoms. The molecule has 0 aliphatic carbocycles. The molecule has 1 unspecified atom stereocenters. The van der Waals surface area contributed by atoms with Crippen LogP contribution in [0.3, 0.4) is 0 Å². The highest BCUT2D eigenvalue weighted by molar-refractivity contribution is 7.88. The Balaban J connectivity index is 2.75. The van der Waals surface area contributed by atoms with E-state index in [1.807, 2.05) is 0 Å². The van der Waals surface area contributed by atoms with Crippen LogP contribution in [0, 0.1) is 0 Å². The van der Waals surface area contributed by atoms with E-state index in [4.69, 9.17) is 5.11 Å². The number of aliphatic carboxylic acids is 1. The predicted octanol–water partition coefficient (Wildman–Crippen LogP) is -0.610. The molecule has 7 nitrogen and oxygen atoms in total. The van der Waals surface area contributed by atoms with Crippen molar-refractivity contribution in [3.05, 3.63) is 0 Å². The lowest BCUT2D eigenvalue weighted by Crippen LogP contribution is -2.50. The van der Waals surface area contributed by atoms with E-state index in [0.29, 0.717) is 19.4 Å². The van der Waals surface area contributed by atoms with E-state index in [-0.39, 0.29) is 6.42 Å². The lowest BCUT2D eigenvalue weighted by atomic mass is 10.2. The lowest BCUT2D eigenvalue weighted by Gasteiger charge is -2.23. The second kappa shape index (κ2) is 5.66. The summed E-state index contributed by atoms with van der Waals surface area (Å²) in [7, 11) is -3.43. The smallest absolute Gasteiger partial charge is 0.326 e. The molecule has 18 heavy (non-hydrogen) atoms. The van der Waals surface area contributed by atoms with E-state index < -0.39 is 34.0 Å². The summed E-state index contributed by atoms with van der Waals surface area (Å²) in [6.45, 7) is 1.95. The molecule has 0 radical (unpaired) electrons. The number of rotatable bonds is 5. The highest BCUT2D eigenvalue weighted by atomic mass is 32.2. The summed E-state index contributed by atoms with van der Waals surface area (Å²) in [5.74, 6) is -1.65. The summed E-state index contributed by atoms with van der Waals surface area (Å²) in [5, 5.41) is 11.2. The van der Waals surface area contributed by atoms with Crippen LogP contribution in [0.1, 0.15) is 26.2 Å². The van der Waals surface area contributed by atoms with Crippen molar-refractivity contribution in [3.8, 4) is 0 Å². The maximum absolute atomic E-state index is 11.9. The van der Waals surface area contributed by atoms with Gasteiger partial charge >= 0.3 is 5.97 Å². The maximum atomic E-state index is 11.9. The Morgan fingerprint density at radius 3 is 2.56 bits per heavy atom. The van der Waals surface area contributed by atoms with Gasteiger partial charge in [-0.15, -0.1) is 0 Å². The summed E-state index contributed by atoms with van der Waals surface area (Å²) in [6, 6.07) is -1.76. The highest BCUT2D eigenvalue weighted by Gasteiger charge is 2.37. The number of hydrogen-bond donors (Lipinski definition) is 2. The van der Waals surface area contributed by atoms with Crippen LogP contribution in [-0.2, 0) is 19.6 Å². The van der Waals surface area contributed by atoms with Gasteiger partial charge in [0, 0.05) is 6.54 Å². The van der Waals surface area contributed by atoms with E-state index >= 15 is 0 Å². The van der Waals surface area contributed by atoms with Crippen molar-refractivity contribution in [2.24, 2.45) is 0 Å². The topological polar surface area (TPSA) is 104 Å². The monoisotopic (exact) mass is 278 g/mol. The summed E-state index contributed by atoms with van der Waals surface area (Å²) < 4.78 is 24.1. The van der Waals surface area contributed by atoms with Gasteiger partial charge in [0.1, 0.15) is 12.1 Å². The predicted molar refractivity (Wildman–Crippen MR) is 64.4 cm³/mol. The van der Waals surface area contributed by atoms with Gasteiger partial charge in [0.15, 0.2) is 0 Å². The highest BCUT2D eigenvalue weighted by Crippen LogP contribution is 2.20. The number of carbonyl (C=O) groups excluding carboxylic acids is 1. The first-order valence-corrected chi connectivity index (χ1v) is 7.62. The zero-order valence-corrected chi connectivity index (χ0v) is 11.2. The molecule has 1 heterocycles. The summed E-state index contributed by atoms with van der Waals surface area (Å²) in [5.41, 5.74) is 0. The molecule has 0 saturated carbocycles. The molecule has 0 aromatic heterocycles. The molecule has 1 saturated heterocycles. The molecule has 0 aromatic carbocycles. The number of nitrogens with one attached hydrogen (secondary N) is 1. The fourth-order valence-electron chi connectivity index (χ4n) is 2.01. The fraction of sp³-hybridized carbons (Fsp3) is 0.800. The van der Waals surface area contributed by atoms with Crippen LogP contribution in [0.4, 0.5) is 0 Å². The Morgan fingerprint density at radius 1 is 1.50 bits per heavy atom. The van der Waals surface area contributed by atoms with Crippen LogP contribution >= 0.6 is 0 Å². The molecular weight excluding hydrogens is 260 g/mol. The minimum absolute atomic E-state index is 0.257. The Labute approximate surface area is 106 Å². The number of carboxylic acids is 1. The van der Waals surface area contributed by atoms with Crippen LogP contribution in [0.5, 0.6) is 0 Å². The molecule has 2 atom stereocenters.